The van der Waals surface area contributed by atoms with Crippen LogP contribution in [0.1, 0.15) is 34.1 Å². The van der Waals surface area contributed by atoms with E-state index in [-0.39, 0.29) is 12.3 Å². The molecule has 0 aliphatic rings. The molecule has 6 heteroatoms. The number of aromatic nitrogens is 1. The van der Waals surface area contributed by atoms with Gasteiger partial charge in [0.05, 0.1) is 18.6 Å². The molecular weight excluding hydrogens is 332 g/mol. The summed E-state index contributed by atoms with van der Waals surface area (Å²) in [4.78, 5) is 24.2. The fraction of sp³-hybridized carbons (Fsp3) is 0.250. The number of hydrogen-bond acceptors (Lipinski definition) is 5. The first-order valence-corrected chi connectivity index (χ1v) is 8.40. The molecule has 2 aromatic carbocycles. The molecule has 0 saturated heterocycles. The monoisotopic (exact) mass is 352 g/mol. The van der Waals surface area contributed by atoms with Crippen LogP contribution in [-0.2, 0) is 16.0 Å². The lowest BCUT2D eigenvalue weighted by molar-refractivity contribution is -0.115. The molecule has 0 saturated carbocycles. The molecule has 1 heterocycles. The number of anilines is 1. The van der Waals surface area contributed by atoms with E-state index in [0.717, 1.165) is 16.5 Å². The molecule has 6 nitrogen and oxygen atoms in total. The zero-order valence-corrected chi connectivity index (χ0v) is 15.0. The maximum Gasteiger partial charge on any atom is 0.338 e. The van der Waals surface area contributed by atoms with Crippen molar-refractivity contribution in [2.75, 3.05) is 11.9 Å². The van der Waals surface area contributed by atoms with E-state index < -0.39 is 5.97 Å². The summed E-state index contributed by atoms with van der Waals surface area (Å²) in [6.07, 6.45) is 0.0825. The molecule has 0 unspecified atom stereocenters. The van der Waals surface area contributed by atoms with Crippen molar-refractivity contribution in [1.82, 2.24) is 5.16 Å². The normalized spacial score (nSPS) is 10.7. The van der Waals surface area contributed by atoms with Crippen LogP contribution >= 0.6 is 0 Å². The van der Waals surface area contributed by atoms with Crippen molar-refractivity contribution in [3.05, 3.63) is 58.8 Å². The topological polar surface area (TPSA) is 81.4 Å². The lowest BCUT2D eigenvalue weighted by atomic mass is 10.1. The van der Waals surface area contributed by atoms with Gasteiger partial charge in [0.15, 0.2) is 5.58 Å². The number of nitrogens with one attached hydrogen (secondary N) is 1. The largest absolute Gasteiger partial charge is 0.462 e. The fourth-order valence-corrected chi connectivity index (χ4v) is 2.67. The number of hydrogen-bond donors (Lipinski definition) is 1. The molecule has 0 atom stereocenters. The Hall–Kier alpha value is -3.15. The third kappa shape index (κ3) is 3.74. The summed E-state index contributed by atoms with van der Waals surface area (Å²) in [6, 6.07) is 10.5. The van der Waals surface area contributed by atoms with Gasteiger partial charge < -0.3 is 14.6 Å². The third-order valence-corrected chi connectivity index (χ3v) is 4.15. The maximum absolute atomic E-state index is 12.4. The molecule has 3 rings (SSSR count). The predicted octanol–water partition coefficient (Wildman–Crippen LogP) is 3.80. The molecule has 1 amide bonds. The summed E-state index contributed by atoms with van der Waals surface area (Å²) in [5.74, 6) is -0.656. The van der Waals surface area contributed by atoms with Crippen LogP contribution in [-0.4, -0.2) is 23.6 Å². The highest BCUT2D eigenvalue weighted by molar-refractivity contribution is 5.96. The lowest BCUT2D eigenvalue weighted by Gasteiger charge is -2.07. The highest BCUT2D eigenvalue weighted by Crippen LogP contribution is 2.23. The summed E-state index contributed by atoms with van der Waals surface area (Å²) in [5.41, 5.74) is 4.40. The molecule has 26 heavy (non-hydrogen) atoms. The summed E-state index contributed by atoms with van der Waals surface area (Å²) < 4.78 is 10.3. The second kappa shape index (κ2) is 7.39. The molecule has 0 aliphatic carbocycles. The molecule has 0 radical (unpaired) electrons. The van der Waals surface area contributed by atoms with Crippen LogP contribution in [0.3, 0.4) is 0 Å². The van der Waals surface area contributed by atoms with Crippen molar-refractivity contribution >= 4 is 28.5 Å². The number of carbonyl (C=O) groups is 2. The van der Waals surface area contributed by atoms with Gasteiger partial charge in [-0.15, -0.1) is 0 Å². The van der Waals surface area contributed by atoms with Gasteiger partial charge in [0.1, 0.15) is 5.69 Å². The van der Waals surface area contributed by atoms with Gasteiger partial charge in [-0.1, -0.05) is 11.2 Å². The van der Waals surface area contributed by atoms with Crippen molar-refractivity contribution in [1.29, 1.82) is 0 Å². The lowest BCUT2D eigenvalue weighted by Crippen LogP contribution is -2.15. The van der Waals surface area contributed by atoms with Crippen molar-refractivity contribution in [2.24, 2.45) is 0 Å². The molecule has 1 aromatic heterocycles. The van der Waals surface area contributed by atoms with Crippen LogP contribution in [0.25, 0.3) is 11.0 Å². The Morgan fingerprint density at radius 2 is 1.92 bits per heavy atom. The molecule has 0 spiro atoms. The Labute approximate surface area is 151 Å². The molecule has 0 aliphatic heterocycles. The smallest absolute Gasteiger partial charge is 0.338 e. The minimum atomic E-state index is -0.420. The van der Waals surface area contributed by atoms with Gasteiger partial charge >= 0.3 is 5.97 Å². The Bertz CT molecular complexity index is 975. The molecule has 0 bridgehead atoms. The van der Waals surface area contributed by atoms with Crippen molar-refractivity contribution in [2.45, 2.75) is 27.2 Å². The third-order valence-electron chi connectivity index (χ3n) is 4.15. The number of esters is 1. The number of amides is 1. The summed E-state index contributed by atoms with van der Waals surface area (Å²) >= 11 is 0. The van der Waals surface area contributed by atoms with Gasteiger partial charge in [-0.25, -0.2) is 4.79 Å². The van der Waals surface area contributed by atoms with Crippen molar-refractivity contribution in [3.63, 3.8) is 0 Å². The Morgan fingerprint density at radius 3 is 2.69 bits per heavy atom. The Morgan fingerprint density at radius 1 is 1.15 bits per heavy atom. The highest BCUT2D eigenvalue weighted by Gasteiger charge is 2.14. The minimum Gasteiger partial charge on any atom is -0.462 e. The molecule has 134 valence electrons. The zero-order chi connectivity index (χ0) is 18.7. The van der Waals surface area contributed by atoms with E-state index in [4.69, 9.17) is 9.26 Å². The van der Waals surface area contributed by atoms with Crippen LogP contribution in [0.15, 0.2) is 40.9 Å². The number of carbonyl (C=O) groups excluding carboxylic acids is 2. The van der Waals surface area contributed by atoms with Gasteiger partial charge in [0.2, 0.25) is 5.91 Å². The predicted molar refractivity (Wildman–Crippen MR) is 98.2 cm³/mol. The standard InChI is InChI=1S/C20H20N2O4/c1-4-25-20(24)14-6-5-7-15(10-14)21-19(23)11-17-16-8-12(2)13(3)9-18(16)26-22-17/h5-10H,4,11H2,1-3H3,(H,21,23). The number of nitrogens with zero attached hydrogens (tertiary/aromatic N) is 1. The van der Waals surface area contributed by atoms with Crippen LogP contribution < -0.4 is 5.32 Å². The summed E-state index contributed by atoms with van der Waals surface area (Å²) in [5, 5.41) is 7.64. The maximum atomic E-state index is 12.4. The summed E-state index contributed by atoms with van der Waals surface area (Å²) in [6.45, 7) is 6.05. The second-order valence-electron chi connectivity index (χ2n) is 6.09. The number of benzene rings is 2. The van der Waals surface area contributed by atoms with E-state index in [9.17, 15) is 9.59 Å². The van der Waals surface area contributed by atoms with Crippen molar-refractivity contribution < 1.29 is 18.8 Å². The van der Waals surface area contributed by atoms with Crippen LogP contribution in [0.4, 0.5) is 5.69 Å². The summed E-state index contributed by atoms with van der Waals surface area (Å²) in [7, 11) is 0. The SMILES string of the molecule is CCOC(=O)c1cccc(NC(=O)Cc2noc3cc(C)c(C)cc23)c1. The van der Waals surface area contributed by atoms with E-state index in [1.165, 1.54) is 0 Å². The quantitative estimate of drug-likeness (QED) is 0.706. The first kappa shape index (κ1) is 17.7. The van der Waals surface area contributed by atoms with E-state index in [2.05, 4.69) is 10.5 Å². The first-order chi connectivity index (χ1) is 12.5. The number of ether oxygens (including phenoxy) is 1. The van der Waals surface area contributed by atoms with Crippen LogP contribution in [0, 0.1) is 13.8 Å². The van der Waals surface area contributed by atoms with E-state index in [1.807, 2.05) is 26.0 Å². The first-order valence-electron chi connectivity index (χ1n) is 8.40. The van der Waals surface area contributed by atoms with Gasteiger partial charge in [-0.05, 0) is 62.2 Å². The molecule has 0 fully saturated rings. The number of aryl methyl sites for hydroxylation is 2. The van der Waals surface area contributed by atoms with Crippen LogP contribution in [0.5, 0.6) is 0 Å². The highest BCUT2D eigenvalue weighted by atomic mass is 16.5. The molecule has 3 aromatic rings. The average molecular weight is 352 g/mol. The Balaban J connectivity index is 1.74. The zero-order valence-electron chi connectivity index (χ0n) is 15.0. The molecule has 1 N–H and O–H groups in total. The average Bonchev–Trinajstić information content (AvgIpc) is 2.97. The Kier molecular flexibility index (Phi) is 5.02. The van der Waals surface area contributed by atoms with Gasteiger partial charge in [-0.3, -0.25) is 4.79 Å². The van der Waals surface area contributed by atoms with Crippen molar-refractivity contribution in [3.8, 4) is 0 Å². The van der Waals surface area contributed by atoms with Gasteiger partial charge in [0, 0.05) is 11.1 Å². The minimum absolute atomic E-state index is 0.0825. The van der Waals surface area contributed by atoms with E-state index in [1.54, 1.807) is 31.2 Å². The van der Waals surface area contributed by atoms with Crippen LogP contribution in [0.2, 0.25) is 0 Å². The van der Waals surface area contributed by atoms with E-state index in [0.29, 0.717) is 29.1 Å². The fourth-order valence-electron chi connectivity index (χ4n) is 2.67. The number of fused-ring (bicyclic) bond motifs is 1. The second-order valence-corrected chi connectivity index (χ2v) is 6.09. The van der Waals surface area contributed by atoms with Gasteiger partial charge in [0.25, 0.3) is 0 Å². The number of rotatable bonds is 5. The van der Waals surface area contributed by atoms with E-state index >= 15 is 0 Å². The molecular formula is C20H20N2O4. The van der Waals surface area contributed by atoms with Gasteiger partial charge in [-0.2, -0.15) is 0 Å².